The molecule has 55 heavy (non-hydrogen) atoms. The van der Waals surface area contributed by atoms with E-state index < -0.39 is 0 Å². The van der Waals surface area contributed by atoms with Crippen molar-refractivity contribution >= 4 is 0 Å². The number of aromatic nitrogens is 4. The van der Waals surface area contributed by atoms with Gasteiger partial charge in [-0.1, -0.05) is 164 Å². The summed E-state index contributed by atoms with van der Waals surface area (Å²) in [4.78, 5) is 19.2. The SMILES string of the molecule is c1ccc(-c2ccc(-c3nc(-c4ccncc4)nc(-c4ccc(-c5ccc6c(c5)C5(c7ccccc7-c7ccccc75)c5ccccc5-6)cc4)n3)cc2)cc1. The van der Waals surface area contributed by atoms with Gasteiger partial charge in [0.1, 0.15) is 0 Å². The smallest absolute Gasteiger partial charge is 0.164 e. The fourth-order valence-electron chi connectivity index (χ4n) is 8.79. The van der Waals surface area contributed by atoms with E-state index in [1.807, 2.05) is 18.2 Å². The second-order valence-corrected chi connectivity index (χ2v) is 14.2. The second kappa shape index (κ2) is 12.4. The topological polar surface area (TPSA) is 51.6 Å². The molecule has 4 nitrogen and oxygen atoms in total. The molecule has 0 saturated carbocycles. The Morgan fingerprint density at radius 1 is 0.273 bits per heavy atom. The van der Waals surface area contributed by atoms with Gasteiger partial charge in [0.2, 0.25) is 0 Å². The monoisotopic (exact) mass is 700 g/mol. The van der Waals surface area contributed by atoms with Crippen molar-refractivity contribution in [3.8, 4) is 78.7 Å². The third-order valence-electron chi connectivity index (χ3n) is 11.3. The van der Waals surface area contributed by atoms with Gasteiger partial charge in [0, 0.05) is 29.1 Å². The van der Waals surface area contributed by atoms with Crippen LogP contribution in [0.5, 0.6) is 0 Å². The van der Waals surface area contributed by atoms with E-state index in [2.05, 4.69) is 169 Å². The molecule has 2 heterocycles. The highest BCUT2D eigenvalue weighted by Crippen LogP contribution is 2.63. The van der Waals surface area contributed by atoms with Crippen molar-refractivity contribution in [2.24, 2.45) is 0 Å². The van der Waals surface area contributed by atoms with Crippen LogP contribution in [-0.2, 0) is 5.41 Å². The first-order chi connectivity index (χ1) is 27.3. The Bertz CT molecular complexity index is 2840. The van der Waals surface area contributed by atoms with Gasteiger partial charge in [-0.3, -0.25) is 4.98 Å². The Kier molecular flexibility index (Phi) is 7.04. The third kappa shape index (κ3) is 4.85. The van der Waals surface area contributed by atoms with E-state index in [9.17, 15) is 0 Å². The Balaban J connectivity index is 1.00. The molecule has 11 rings (SSSR count). The van der Waals surface area contributed by atoms with Crippen LogP contribution >= 0.6 is 0 Å². The zero-order valence-corrected chi connectivity index (χ0v) is 29.8. The Hall–Kier alpha value is -7.30. The van der Waals surface area contributed by atoms with Crippen LogP contribution in [0.1, 0.15) is 22.3 Å². The van der Waals surface area contributed by atoms with Gasteiger partial charge >= 0.3 is 0 Å². The lowest BCUT2D eigenvalue weighted by Gasteiger charge is -2.30. The van der Waals surface area contributed by atoms with Crippen LogP contribution in [0.3, 0.4) is 0 Å². The predicted octanol–water partition coefficient (Wildman–Crippen LogP) is 11.9. The van der Waals surface area contributed by atoms with Crippen molar-refractivity contribution in [1.29, 1.82) is 0 Å². The third-order valence-corrected chi connectivity index (χ3v) is 11.3. The summed E-state index contributed by atoms with van der Waals surface area (Å²) >= 11 is 0. The summed E-state index contributed by atoms with van der Waals surface area (Å²) in [5.41, 5.74) is 17.6. The lowest BCUT2D eigenvalue weighted by atomic mass is 9.70. The summed E-state index contributed by atoms with van der Waals surface area (Å²) in [6, 6.07) is 65.1. The van der Waals surface area contributed by atoms with Crippen LogP contribution in [0, 0.1) is 0 Å². The van der Waals surface area contributed by atoms with Crippen LogP contribution in [0.25, 0.3) is 78.7 Å². The Morgan fingerprint density at radius 3 is 1.15 bits per heavy atom. The number of hydrogen-bond acceptors (Lipinski definition) is 4. The number of benzene rings is 7. The van der Waals surface area contributed by atoms with E-state index in [1.54, 1.807) is 12.4 Å². The first-order valence-corrected chi connectivity index (χ1v) is 18.6. The van der Waals surface area contributed by atoms with Crippen LogP contribution < -0.4 is 0 Å². The first-order valence-electron chi connectivity index (χ1n) is 18.6. The molecule has 9 aromatic rings. The maximum absolute atomic E-state index is 5.03. The molecule has 0 saturated heterocycles. The molecule has 0 atom stereocenters. The molecule has 0 N–H and O–H groups in total. The van der Waals surface area contributed by atoms with Gasteiger partial charge in [-0.25, -0.2) is 15.0 Å². The molecule has 4 heteroatoms. The summed E-state index contributed by atoms with van der Waals surface area (Å²) in [6.45, 7) is 0. The Morgan fingerprint density at radius 2 is 0.636 bits per heavy atom. The molecule has 0 fully saturated rings. The molecule has 2 aliphatic carbocycles. The molecule has 0 radical (unpaired) electrons. The van der Waals surface area contributed by atoms with Gasteiger partial charge in [0.25, 0.3) is 0 Å². The minimum atomic E-state index is -0.376. The van der Waals surface area contributed by atoms with Gasteiger partial charge in [0.05, 0.1) is 5.41 Å². The fourth-order valence-corrected chi connectivity index (χ4v) is 8.79. The average Bonchev–Trinajstić information content (AvgIpc) is 3.74. The van der Waals surface area contributed by atoms with Crippen LogP contribution in [0.2, 0.25) is 0 Å². The molecule has 2 aromatic heterocycles. The highest BCUT2D eigenvalue weighted by Gasteiger charge is 2.51. The van der Waals surface area contributed by atoms with Crippen molar-refractivity contribution in [2.45, 2.75) is 5.41 Å². The number of hydrogen-bond donors (Lipinski definition) is 0. The van der Waals surface area contributed by atoms with Crippen molar-refractivity contribution in [1.82, 2.24) is 19.9 Å². The zero-order valence-electron chi connectivity index (χ0n) is 29.8. The lowest BCUT2D eigenvalue weighted by Crippen LogP contribution is -2.25. The van der Waals surface area contributed by atoms with Gasteiger partial charge in [0.15, 0.2) is 17.5 Å². The molecule has 0 amide bonds. The summed E-state index contributed by atoms with van der Waals surface area (Å²) < 4.78 is 0. The van der Waals surface area contributed by atoms with E-state index in [1.165, 1.54) is 55.6 Å². The van der Waals surface area contributed by atoms with E-state index >= 15 is 0 Å². The molecule has 0 aliphatic heterocycles. The number of pyridine rings is 1. The quantitative estimate of drug-likeness (QED) is 0.179. The van der Waals surface area contributed by atoms with Crippen LogP contribution in [-0.4, -0.2) is 19.9 Å². The van der Waals surface area contributed by atoms with Gasteiger partial charge in [-0.2, -0.15) is 0 Å². The Labute approximate surface area is 319 Å². The minimum absolute atomic E-state index is 0.376. The van der Waals surface area contributed by atoms with E-state index in [0.29, 0.717) is 17.5 Å². The van der Waals surface area contributed by atoms with Gasteiger partial charge in [-0.15, -0.1) is 0 Å². The molecule has 0 bridgehead atoms. The standard InChI is InChI=1S/C51H32N4/c1-2-10-33(11-3-1)34-18-22-36(23-19-34)48-53-49(55-50(54-48)38-28-30-52-31-29-38)37-24-20-35(21-25-37)39-26-27-43-42-14-6-9-17-46(42)51(47(43)32-39)44-15-7-4-12-40(44)41-13-5-8-16-45(41)51/h1-32H. The molecule has 1 spiro atoms. The number of nitrogens with zero attached hydrogens (tertiary/aromatic N) is 4. The average molecular weight is 701 g/mol. The summed E-state index contributed by atoms with van der Waals surface area (Å²) in [5.74, 6) is 1.86. The number of fused-ring (bicyclic) bond motifs is 10. The van der Waals surface area contributed by atoms with Crippen molar-refractivity contribution in [3.05, 3.63) is 217 Å². The van der Waals surface area contributed by atoms with Gasteiger partial charge in [-0.05, 0) is 85.0 Å². The van der Waals surface area contributed by atoms with Crippen molar-refractivity contribution in [3.63, 3.8) is 0 Å². The van der Waals surface area contributed by atoms with E-state index in [4.69, 9.17) is 15.0 Å². The molecular formula is C51H32N4. The predicted molar refractivity (Wildman–Crippen MR) is 221 cm³/mol. The lowest BCUT2D eigenvalue weighted by molar-refractivity contribution is 0.794. The molecular weight excluding hydrogens is 669 g/mol. The normalized spacial score (nSPS) is 12.9. The molecule has 256 valence electrons. The van der Waals surface area contributed by atoms with Crippen molar-refractivity contribution in [2.75, 3.05) is 0 Å². The number of rotatable bonds is 5. The van der Waals surface area contributed by atoms with E-state index in [-0.39, 0.29) is 5.41 Å². The highest BCUT2D eigenvalue weighted by atomic mass is 15.0. The van der Waals surface area contributed by atoms with Gasteiger partial charge < -0.3 is 0 Å². The largest absolute Gasteiger partial charge is 0.265 e. The molecule has 0 unspecified atom stereocenters. The zero-order chi connectivity index (χ0) is 36.3. The highest BCUT2D eigenvalue weighted by molar-refractivity contribution is 5.96. The summed E-state index contributed by atoms with van der Waals surface area (Å²) in [7, 11) is 0. The fraction of sp³-hybridized carbons (Fsp3) is 0.0196. The van der Waals surface area contributed by atoms with Crippen molar-refractivity contribution < 1.29 is 0 Å². The van der Waals surface area contributed by atoms with Crippen LogP contribution in [0.15, 0.2) is 194 Å². The molecule has 2 aliphatic rings. The maximum atomic E-state index is 5.03. The van der Waals surface area contributed by atoms with Crippen LogP contribution in [0.4, 0.5) is 0 Å². The first kappa shape index (κ1) is 31.2. The summed E-state index contributed by atoms with van der Waals surface area (Å²) in [5, 5.41) is 0. The maximum Gasteiger partial charge on any atom is 0.164 e. The minimum Gasteiger partial charge on any atom is -0.265 e. The molecule has 7 aromatic carbocycles. The second-order valence-electron chi connectivity index (χ2n) is 14.2. The summed E-state index contributed by atoms with van der Waals surface area (Å²) in [6.07, 6.45) is 3.54. The van der Waals surface area contributed by atoms with E-state index in [0.717, 1.165) is 27.8 Å².